The van der Waals surface area contributed by atoms with Crippen molar-refractivity contribution in [1.82, 2.24) is 5.32 Å². The second-order valence-electron chi connectivity index (χ2n) is 3.02. The van der Waals surface area contributed by atoms with Crippen molar-refractivity contribution in [1.29, 1.82) is 0 Å². The molecule has 4 nitrogen and oxygen atoms in total. The van der Waals surface area contributed by atoms with E-state index in [1.54, 1.807) is 0 Å². The first kappa shape index (κ1) is 10.5. The Kier molecular flexibility index (Phi) is 3.94. The van der Waals surface area contributed by atoms with Crippen molar-refractivity contribution in [2.75, 3.05) is 6.61 Å². The molecule has 0 saturated carbocycles. The average molecular weight is 195 g/mol. The van der Waals surface area contributed by atoms with Crippen molar-refractivity contribution in [2.24, 2.45) is 0 Å². The fourth-order valence-electron chi connectivity index (χ4n) is 1.23. The molecular weight excluding hydrogens is 182 g/mol. The molecule has 1 aromatic carbocycles. The van der Waals surface area contributed by atoms with Crippen molar-refractivity contribution in [3.8, 4) is 0 Å². The molecule has 0 aliphatic carbocycles. The van der Waals surface area contributed by atoms with Gasteiger partial charge >= 0.3 is 6.09 Å². The van der Waals surface area contributed by atoms with Gasteiger partial charge in [-0.3, -0.25) is 0 Å². The molecule has 0 spiro atoms. The van der Waals surface area contributed by atoms with E-state index in [1.807, 2.05) is 30.3 Å². The van der Waals surface area contributed by atoms with Crippen LogP contribution < -0.4 is 5.32 Å². The number of aliphatic hydroxyl groups excluding tert-OH is 1. The predicted molar refractivity (Wildman–Crippen MR) is 52.2 cm³/mol. The van der Waals surface area contributed by atoms with E-state index in [-0.39, 0.29) is 6.61 Å². The van der Waals surface area contributed by atoms with Crippen LogP contribution in [0.4, 0.5) is 4.79 Å². The van der Waals surface area contributed by atoms with Crippen molar-refractivity contribution in [3.05, 3.63) is 35.9 Å². The summed E-state index contributed by atoms with van der Waals surface area (Å²) >= 11 is 0. The van der Waals surface area contributed by atoms with Crippen LogP contribution in [0.5, 0.6) is 0 Å². The van der Waals surface area contributed by atoms with Crippen molar-refractivity contribution in [3.63, 3.8) is 0 Å². The van der Waals surface area contributed by atoms with Crippen LogP contribution in [0, 0.1) is 0 Å². The lowest BCUT2D eigenvalue weighted by molar-refractivity contribution is 0.177. The average Bonchev–Trinajstić information content (AvgIpc) is 2.17. The minimum Gasteiger partial charge on any atom is -0.465 e. The van der Waals surface area contributed by atoms with Crippen LogP contribution in [0.15, 0.2) is 30.3 Å². The molecule has 0 aliphatic rings. The van der Waals surface area contributed by atoms with Gasteiger partial charge in [-0.15, -0.1) is 0 Å². The number of amides is 1. The molecule has 1 rings (SSSR count). The van der Waals surface area contributed by atoms with Gasteiger partial charge in [-0.1, -0.05) is 30.3 Å². The highest BCUT2D eigenvalue weighted by atomic mass is 16.4. The van der Waals surface area contributed by atoms with E-state index in [1.165, 1.54) is 0 Å². The number of rotatable bonds is 4. The van der Waals surface area contributed by atoms with Crippen LogP contribution in [-0.4, -0.2) is 29.0 Å². The minimum absolute atomic E-state index is 0.193. The molecule has 3 N–H and O–H groups in total. The SMILES string of the molecule is O=C(O)NC(CO)Cc1ccccc1. The highest BCUT2D eigenvalue weighted by Gasteiger charge is 2.10. The van der Waals surface area contributed by atoms with E-state index in [9.17, 15) is 4.79 Å². The predicted octanol–water partition coefficient (Wildman–Crippen LogP) is 0.858. The lowest BCUT2D eigenvalue weighted by Crippen LogP contribution is -2.38. The van der Waals surface area contributed by atoms with E-state index in [0.29, 0.717) is 6.42 Å². The molecule has 0 aromatic heterocycles. The number of nitrogens with one attached hydrogen (secondary N) is 1. The molecule has 1 atom stereocenters. The topological polar surface area (TPSA) is 69.6 Å². The van der Waals surface area contributed by atoms with E-state index in [0.717, 1.165) is 5.56 Å². The quantitative estimate of drug-likeness (QED) is 0.667. The summed E-state index contributed by atoms with van der Waals surface area (Å²) in [5.74, 6) is 0. The fourth-order valence-corrected chi connectivity index (χ4v) is 1.23. The van der Waals surface area contributed by atoms with Crippen molar-refractivity contribution in [2.45, 2.75) is 12.5 Å². The van der Waals surface area contributed by atoms with Gasteiger partial charge in [0.15, 0.2) is 0 Å². The molecule has 1 unspecified atom stereocenters. The molecule has 1 amide bonds. The first-order valence-corrected chi connectivity index (χ1v) is 4.36. The maximum atomic E-state index is 10.3. The Hall–Kier alpha value is -1.55. The lowest BCUT2D eigenvalue weighted by Gasteiger charge is -2.13. The zero-order chi connectivity index (χ0) is 10.4. The van der Waals surface area contributed by atoms with Gasteiger partial charge in [0.2, 0.25) is 0 Å². The maximum absolute atomic E-state index is 10.3. The number of aliphatic hydroxyl groups is 1. The van der Waals surface area contributed by atoms with Crippen molar-refractivity contribution < 1.29 is 15.0 Å². The molecule has 1 aromatic rings. The van der Waals surface area contributed by atoms with Gasteiger partial charge in [0.05, 0.1) is 12.6 Å². The molecule has 0 bridgehead atoms. The molecule has 0 aliphatic heterocycles. The molecule has 4 heteroatoms. The summed E-state index contributed by atoms with van der Waals surface area (Å²) in [5, 5.41) is 19.6. The standard InChI is InChI=1S/C10H13NO3/c12-7-9(11-10(13)14)6-8-4-2-1-3-5-8/h1-5,9,11-12H,6-7H2,(H,13,14). The third-order valence-electron chi connectivity index (χ3n) is 1.87. The molecule has 0 radical (unpaired) electrons. The van der Waals surface area contributed by atoms with E-state index in [2.05, 4.69) is 5.32 Å². The summed E-state index contributed by atoms with van der Waals surface area (Å²) in [7, 11) is 0. The maximum Gasteiger partial charge on any atom is 0.404 e. The van der Waals surface area contributed by atoms with Gasteiger partial charge in [-0.2, -0.15) is 0 Å². The largest absolute Gasteiger partial charge is 0.465 e. The third kappa shape index (κ3) is 3.45. The number of benzene rings is 1. The minimum atomic E-state index is -1.11. The zero-order valence-corrected chi connectivity index (χ0v) is 7.68. The van der Waals surface area contributed by atoms with Crippen molar-refractivity contribution >= 4 is 6.09 Å². The summed E-state index contributed by atoms with van der Waals surface area (Å²) < 4.78 is 0. The van der Waals surface area contributed by atoms with Crippen LogP contribution >= 0.6 is 0 Å². The zero-order valence-electron chi connectivity index (χ0n) is 7.68. The fraction of sp³-hybridized carbons (Fsp3) is 0.300. The number of hydrogen-bond acceptors (Lipinski definition) is 2. The Bertz CT molecular complexity index is 287. The van der Waals surface area contributed by atoms with Crippen LogP contribution in [0.1, 0.15) is 5.56 Å². The Labute approximate surface area is 82.2 Å². The smallest absolute Gasteiger partial charge is 0.404 e. The van der Waals surface area contributed by atoms with Crippen LogP contribution in [0.2, 0.25) is 0 Å². The van der Waals surface area contributed by atoms with Gasteiger partial charge in [-0.05, 0) is 12.0 Å². The molecule has 76 valence electrons. The van der Waals surface area contributed by atoms with E-state index in [4.69, 9.17) is 10.2 Å². The molecule has 0 saturated heterocycles. The normalized spacial score (nSPS) is 12.1. The summed E-state index contributed by atoms with van der Waals surface area (Å²) in [6, 6.07) is 9.00. The van der Waals surface area contributed by atoms with Gasteiger partial charge in [0.25, 0.3) is 0 Å². The highest BCUT2D eigenvalue weighted by molar-refractivity contribution is 5.64. The first-order chi connectivity index (χ1) is 6.72. The lowest BCUT2D eigenvalue weighted by atomic mass is 10.1. The third-order valence-corrected chi connectivity index (χ3v) is 1.87. The van der Waals surface area contributed by atoms with Crippen LogP contribution in [-0.2, 0) is 6.42 Å². The second kappa shape index (κ2) is 5.24. The van der Waals surface area contributed by atoms with Crippen LogP contribution in [0.3, 0.4) is 0 Å². The Morgan fingerprint density at radius 2 is 2.00 bits per heavy atom. The second-order valence-corrected chi connectivity index (χ2v) is 3.02. The van der Waals surface area contributed by atoms with E-state index >= 15 is 0 Å². The summed E-state index contributed by atoms with van der Waals surface area (Å²) in [4.78, 5) is 10.3. The highest BCUT2D eigenvalue weighted by Crippen LogP contribution is 2.02. The number of carboxylic acid groups (broad SMARTS) is 1. The van der Waals surface area contributed by atoms with Gasteiger partial charge in [-0.25, -0.2) is 4.79 Å². The first-order valence-electron chi connectivity index (χ1n) is 4.36. The Balaban J connectivity index is 2.53. The number of carbonyl (C=O) groups is 1. The Morgan fingerprint density at radius 1 is 1.36 bits per heavy atom. The van der Waals surface area contributed by atoms with Crippen LogP contribution in [0.25, 0.3) is 0 Å². The molecule has 14 heavy (non-hydrogen) atoms. The number of hydrogen-bond donors (Lipinski definition) is 3. The Morgan fingerprint density at radius 3 is 2.50 bits per heavy atom. The van der Waals surface area contributed by atoms with Gasteiger partial charge in [0, 0.05) is 0 Å². The monoisotopic (exact) mass is 195 g/mol. The molecule has 0 fully saturated rings. The molecular formula is C10H13NO3. The summed E-state index contributed by atoms with van der Waals surface area (Å²) in [6.45, 7) is -0.193. The van der Waals surface area contributed by atoms with E-state index < -0.39 is 12.1 Å². The van der Waals surface area contributed by atoms with Gasteiger partial charge < -0.3 is 15.5 Å². The molecule has 0 heterocycles. The van der Waals surface area contributed by atoms with Gasteiger partial charge in [0.1, 0.15) is 0 Å². The summed E-state index contributed by atoms with van der Waals surface area (Å²) in [5.41, 5.74) is 1.00. The summed E-state index contributed by atoms with van der Waals surface area (Å²) in [6.07, 6.45) is -0.608.